The minimum absolute atomic E-state index is 0.00842. The first-order chi connectivity index (χ1) is 13.1. The lowest BCUT2D eigenvalue weighted by Crippen LogP contribution is -2.46. The number of anilines is 1. The maximum Gasteiger partial charge on any atom is 0.270 e. The van der Waals surface area contributed by atoms with E-state index in [4.69, 9.17) is 0 Å². The third kappa shape index (κ3) is 4.02. The number of nitrogens with zero attached hydrogens (tertiary/aromatic N) is 5. The fourth-order valence-corrected chi connectivity index (χ4v) is 4.50. The molecule has 1 aromatic heterocycles. The number of hydrogen-bond donors (Lipinski definition) is 0. The predicted molar refractivity (Wildman–Crippen MR) is 106 cm³/mol. The van der Waals surface area contributed by atoms with Gasteiger partial charge in [-0.1, -0.05) is 0 Å². The number of benzene rings is 1. The Balaban J connectivity index is 1.77. The highest BCUT2D eigenvalue weighted by atomic mass is 32.2. The highest BCUT2D eigenvalue weighted by Gasteiger charge is 2.25. The average Bonchev–Trinajstić information content (AvgIpc) is 2.87. The van der Waals surface area contributed by atoms with E-state index in [0.717, 1.165) is 43.3 Å². The second-order valence-electron chi connectivity index (χ2n) is 7.22. The molecule has 0 atom stereocenters. The molecular weight excluding hydrogens is 382 g/mol. The Morgan fingerprint density at radius 2 is 1.82 bits per heavy atom. The fraction of sp³-hybridized carbons (Fsp3) is 0.500. The molecule has 3 rings (SSSR count). The molecule has 0 saturated carbocycles. The number of nitro groups is 1. The summed E-state index contributed by atoms with van der Waals surface area (Å²) in [5.74, 6) is 0. The molecule has 0 N–H and O–H groups in total. The van der Waals surface area contributed by atoms with Crippen LogP contribution < -0.4 is 4.90 Å². The molecule has 28 heavy (non-hydrogen) atoms. The number of aromatic nitrogens is 2. The molecular formula is C18H25N5O4S. The van der Waals surface area contributed by atoms with Crippen LogP contribution in [0.25, 0.3) is 0 Å². The summed E-state index contributed by atoms with van der Waals surface area (Å²) in [7, 11) is -1.64. The minimum Gasteiger partial charge on any atom is -0.368 e. The van der Waals surface area contributed by atoms with Gasteiger partial charge in [-0.05, 0) is 19.9 Å². The summed E-state index contributed by atoms with van der Waals surface area (Å²) in [6.07, 6.45) is 1.08. The molecule has 10 heteroatoms. The van der Waals surface area contributed by atoms with E-state index in [1.807, 2.05) is 23.6 Å². The third-order valence-corrected chi connectivity index (χ3v) is 6.43. The molecule has 0 unspecified atom stereocenters. The highest BCUT2D eigenvalue weighted by Crippen LogP contribution is 2.30. The van der Waals surface area contributed by atoms with E-state index in [2.05, 4.69) is 16.9 Å². The van der Waals surface area contributed by atoms with Gasteiger partial charge >= 0.3 is 0 Å². The first-order valence-electron chi connectivity index (χ1n) is 9.03. The number of piperazine rings is 1. The first-order valence-corrected chi connectivity index (χ1v) is 10.9. The van der Waals surface area contributed by atoms with E-state index in [-0.39, 0.29) is 10.6 Å². The summed E-state index contributed by atoms with van der Waals surface area (Å²) in [6.45, 7) is 7.71. The molecule has 9 nitrogen and oxygen atoms in total. The number of rotatable bonds is 5. The Morgan fingerprint density at radius 1 is 1.18 bits per heavy atom. The largest absolute Gasteiger partial charge is 0.368 e. The van der Waals surface area contributed by atoms with Crippen molar-refractivity contribution in [3.8, 4) is 0 Å². The number of nitro benzene ring substituents is 1. The van der Waals surface area contributed by atoms with E-state index < -0.39 is 14.8 Å². The van der Waals surface area contributed by atoms with Crippen LogP contribution in [0.2, 0.25) is 0 Å². The van der Waals surface area contributed by atoms with Crippen molar-refractivity contribution in [3.63, 3.8) is 0 Å². The Morgan fingerprint density at radius 3 is 2.32 bits per heavy atom. The first kappa shape index (κ1) is 20.3. The van der Waals surface area contributed by atoms with Crippen LogP contribution in [-0.4, -0.2) is 60.5 Å². The quantitative estimate of drug-likeness (QED) is 0.549. The summed E-state index contributed by atoms with van der Waals surface area (Å²) in [5, 5.41) is 15.5. The lowest BCUT2D eigenvalue weighted by atomic mass is 10.1. The summed E-state index contributed by atoms with van der Waals surface area (Å²) in [5.41, 5.74) is 3.71. The maximum absolute atomic E-state index is 12.2. The molecule has 1 aliphatic rings. The molecule has 1 fully saturated rings. The van der Waals surface area contributed by atoms with Gasteiger partial charge in [-0.2, -0.15) is 5.10 Å². The normalized spacial score (nSPS) is 15.8. The lowest BCUT2D eigenvalue weighted by Gasteiger charge is -2.36. The van der Waals surface area contributed by atoms with Crippen LogP contribution in [0.15, 0.2) is 23.1 Å². The topological polar surface area (TPSA) is 102 Å². The molecule has 0 aliphatic carbocycles. The van der Waals surface area contributed by atoms with Gasteiger partial charge in [-0.15, -0.1) is 0 Å². The van der Waals surface area contributed by atoms with E-state index >= 15 is 0 Å². The standard InChI is InChI=1S/C18H25N5O4S/c1-13-16(14(2)20(3)19-13)12-21-7-9-22(10-8-21)17-6-5-15(23(24)25)11-18(17)28(4,26)27/h5-6,11H,7-10,12H2,1-4H3. The maximum atomic E-state index is 12.2. The molecule has 0 amide bonds. The van der Waals surface area contributed by atoms with Gasteiger partial charge in [0.2, 0.25) is 0 Å². The SMILES string of the molecule is Cc1nn(C)c(C)c1CN1CCN(c2ccc([N+](=O)[O-])cc2S(C)(=O)=O)CC1. The summed E-state index contributed by atoms with van der Waals surface area (Å²) in [6, 6.07) is 4.05. The number of non-ortho nitro benzene ring substituents is 1. The Kier molecular flexibility index (Phi) is 5.44. The third-order valence-electron chi connectivity index (χ3n) is 5.31. The van der Waals surface area contributed by atoms with Gasteiger partial charge in [-0.25, -0.2) is 8.42 Å². The molecule has 0 bridgehead atoms. The number of sulfone groups is 1. The smallest absolute Gasteiger partial charge is 0.270 e. The van der Waals surface area contributed by atoms with Crippen molar-refractivity contribution in [2.24, 2.45) is 7.05 Å². The molecule has 2 aromatic rings. The van der Waals surface area contributed by atoms with Crippen LogP contribution in [-0.2, 0) is 23.4 Å². The van der Waals surface area contributed by atoms with Crippen LogP contribution in [0.4, 0.5) is 11.4 Å². The molecule has 1 aliphatic heterocycles. The van der Waals surface area contributed by atoms with Crippen molar-refractivity contribution >= 4 is 21.2 Å². The molecule has 0 spiro atoms. The minimum atomic E-state index is -3.58. The van der Waals surface area contributed by atoms with Crippen molar-refractivity contribution in [1.29, 1.82) is 0 Å². The van der Waals surface area contributed by atoms with Crippen LogP contribution in [0.5, 0.6) is 0 Å². The van der Waals surface area contributed by atoms with Crippen molar-refractivity contribution in [1.82, 2.24) is 14.7 Å². The zero-order valence-corrected chi connectivity index (χ0v) is 17.4. The lowest BCUT2D eigenvalue weighted by molar-refractivity contribution is -0.385. The van der Waals surface area contributed by atoms with Crippen LogP contribution in [0.3, 0.4) is 0 Å². The van der Waals surface area contributed by atoms with Gasteiger partial charge < -0.3 is 4.90 Å². The number of hydrogen-bond acceptors (Lipinski definition) is 7. The van der Waals surface area contributed by atoms with Gasteiger partial charge in [0, 0.05) is 69.4 Å². The van der Waals surface area contributed by atoms with Crippen molar-refractivity contribution in [3.05, 3.63) is 45.3 Å². The van der Waals surface area contributed by atoms with Gasteiger partial charge in [0.25, 0.3) is 5.69 Å². The van der Waals surface area contributed by atoms with Crippen molar-refractivity contribution < 1.29 is 13.3 Å². The van der Waals surface area contributed by atoms with E-state index in [1.165, 1.54) is 11.6 Å². The predicted octanol–water partition coefficient (Wildman–Crippen LogP) is 1.67. The highest BCUT2D eigenvalue weighted by molar-refractivity contribution is 7.90. The monoisotopic (exact) mass is 407 g/mol. The number of aryl methyl sites for hydroxylation is 2. The fourth-order valence-electron chi connectivity index (χ4n) is 3.59. The van der Waals surface area contributed by atoms with Gasteiger partial charge in [0.1, 0.15) is 0 Å². The van der Waals surface area contributed by atoms with Crippen LogP contribution >= 0.6 is 0 Å². The van der Waals surface area contributed by atoms with Crippen LogP contribution in [0.1, 0.15) is 17.0 Å². The second kappa shape index (κ2) is 7.51. The van der Waals surface area contributed by atoms with Gasteiger partial charge in [-0.3, -0.25) is 19.7 Å². The average molecular weight is 407 g/mol. The zero-order valence-electron chi connectivity index (χ0n) is 16.5. The molecule has 2 heterocycles. The van der Waals surface area contributed by atoms with E-state index in [1.54, 1.807) is 6.07 Å². The van der Waals surface area contributed by atoms with Crippen molar-refractivity contribution in [2.45, 2.75) is 25.3 Å². The Labute approximate surface area is 164 Å². The van der Waals surface area contributed by atoms with Gasteiger partial charge in [0.05, 0.1) is 21.2 Å². The summed E-state index contributed by atoms with van der Waals surface area (Å²) < 4.78 is 26.3. The molecule has 152 valence electrons. The Bertz CT molecular complexity index is 1010. The summed E-state index contributed by atoms with van der Waals surface area (Å²) >= 11 is 0. The molecule has 1 aromatic carbocycles. The summed E-state index contributed by atoms with van der Waals surface area (Å²) in [4.78, 5) is 14.8. The van der Waals surface area contributed by atoms with Crippen LogP contribution in [0, 0.1) is 24.0 Å². The van der Waals surface area contributed by atoms with Crippen molar-refractivity contribution in [2.75, 3.05) is 37.3 Å². The second-order valence-corrected chi connectivity index (χ2v) is 9.20. The molecule has 0 radical (unpaired) electrons. The van der Waals surface area contributed by atoms with E-state index in [0.29, 0.717) is 18.8 Å². The Hall–Kier alpha value is -2.46. The van der Waals surface area contributed by atoms with E-state index in [9.17, 15) is 18.5 Å². The molecule has 1 saturated heterocycles. The zero-order chi connectivity index (χ0) is 20.6. The van der Waals surface area contributed by atoms with Gasteiger partial charge in [0.15, 0.2) is 9.84 Å².